The molecule has 0 fully saturated rings. The third kappa shape index (κ3) is 4.76. The topological polar surface area (TPSA) is 24.9 Å². The number of thiazole rings is 1. The van der Waals surface area contributed by atoms with E-state index in [1.165, 1.54) is 22.0 Å². The molecule has 0 saturated heterocycles. The highest BCUT2D eigenvalue weighted by Crippen LogP contribution is 2.30. The molecule has 1 aromatic rings. The number of aromatic nitrogens is 1. The van der Waals surface area contributed by atoms with Gasteiger partial charge in [-0.2, -0.15) is 0 Å². The van der Waals surface area contributed by atoms with Gasteiger partial charge in [-0.15, -0.1) is 11.3 Å². The molecule has 0 aliphatic rings. The fraction of sp³-hybridized carbons (Fsp3) is 0.786. The maximum atomic E-state index is 4.65. The van der Waals surface area contributed by atoms with E-state index in [1.54, 1.807) is 0 Å². The van der Waals surface area contributed by atoms with Crippen LogP contribution in [0.5, 0.6) is 0 Å². The Bertz CT molecular complexity index is 336. The first-order valence-electron chi connectivity index (χ1n) is 6.50. The van der Waals surface area contributed by atoms with Crippen LogP contribution in [0.4, 0.5) is 0 Å². The molecular formula is C14H26N2S. The standard InChI is InChI=1S/C14H26N2S/c1-7-15-10(2)8-14(5,6)9-13-16-11(3)12(4)17-13/h10,15H,7-9H2,1-6H3. The lowest BCUT2D eigenvalue weighted by atomic mass is 9.83. The van der Waals surface area contributed by atoms with Crippen LogP contribution < -0.4 is 5.32 Å². The van der Waals surface area contributed by atoms with Crippen LogP contribution in [-0.4, -0.2) is 17.6 Å². The highest BCUT2D eigenvalue weighted by atomic mass is 32.1. The predicted molar refractivity (Wildman–Crippen MR) is 76.8 cm³/mol. The van der Waals surface area contributed by atoms with E-state index < -0.39 is 0 Å². The molecule has 1 unspecified atom stereocenters. The van der Waals surface area contributed by atoms with Crippen molar-refractivity contribution in [3.05, 3.63) is 15.6 Å². The number of hydrogen-bond donors (Lipinski definition) is 1. The molecule has 3 heteroatoms. The highest BCUT2D eigenvalue weighted by Gasteiger charge is 2.23. The first-order chi connectivity index (χ1) is 7.84. The first kappa shape index (κ1) is 14.7. The summed E-state index contributed by atoms with van der Waals surface area (Å²) in [6.07, 6.45) is 2.28. The Morgan fingerprint density at radius 1 is 1.35 bits per heavy atom. The van der Waals surface area contributed by atoms with Gasteiger partial charge in [-0.05, 0) is 39.2 Å². The normalized spacial score (nSPS) is 14.0. The fourth-order valence-electron chi connectivity index (χ4n) is 2.35. The molecule has 1 aromatic heterocycles. The molecule has 0 aromatic carbocycles. The summed E-state index contributed by atoms with van der Waals surface area (Å²) in [5, 5.41) is 4.77. The third-order valence-corrected chi connectivity index (χ3v) is 4.19. The minimum Gasteiger partial charge on any atom is -0.315 e. The van der Waals surface area contributed by atoms with Crippen molar-refractivity contribution >= 4 is 11.3 Å². The van der Waals surface area contributed by atoms with E-state index >= 15 is 0 Å². The van der Waals surface area contributed by atoms with Gasteiger partial charge in [-0.25, -0.2) is 4.98 Å². The van der Waals surface area contributed by atoms with Gasteiger partial charge in [0.05, 0.1) is 10.7 Å². The quantitative estimate of drug-likeness (QED) is 0.837. The smallest absolute Gasteiger partial charge is 0.0936 e. The van der Waals surface area contributed by atoms with Gasteiger partial charge in [0.25, 0.3) is 0 Å². The zero-order valence-electron chi connectivity index (χ0n) is 12.1. The summed E-state index contributed by atoms with van der Waals surface area (Å²) in [7, 11) is 0. The van der Waals surface area contributed by atoms with Gasteiger partial charge in [0.2, 0.25) is 0 Å². The maximum Gasteiger partial charge on any atom is 0.0936 e. The zero-order valence-corrected chi connectivity index (χ0v) is 12.9. The molecule has 1 N–H and O–H groups in total. The third-order valence-electron chi connectivity index (χ3n) is 3.11. The maximum absolute atomic E-state index is 4.65. The summed E-state index contributed by atoms with van der Waals surface area (Å²) < 4.78 is 0. The van der Waals surface area contributed by atoms with Gasteiger partial charge in [-0.3, -0.25) is 0 Å². The van der Waals surface area contributed by atoms with Crippen LogP contribution in [-0.2, 0) is 6.42 Å². The molecule has 0 saturated carbocycles. The van der Waals surface area contributed by atoms with Crippen LogP contribution in [0.25, 0.3) is 0 Å². The van der Waals surface area contributed by atoms with Gasteiger partial charge < -0.3 is 5.32 Å². The number of nitrogens with one attached hydrogen (secondary N) is 1. The van der Waals surface area contributed by atoms with Crippen LogP contribution in [0.3, 0.4) is 0 Å². The molecule has 1 heterocycles. The lowest BCUT2D eigenvalue weighted by Gasteiger charge is -2.27. The number of rotatable bonds is 6. The van der Waals surface area contributed by atoms with E-state index in [4.69, 9.17) is 0 Å². The summed E-state index contributed by atoms with van der Waals surface area (Å²) in [6, 6.07) is 0.581. The summed E-state index contributed by atoms with van der Waals surface area (Å²) in [4.78, 5) is 6.00. The average Bonchev–Trinajstić information content (AvgIpc) is 2.43. The van der Waals surface area contributed by atoms with Crippen molar-refractivity contribution in [3.63, 3.8) is 0 Å². The second-order valence-electron chi connectivity index (χ2n) is 5.75. The minimum absolute atomic E-state index is 0.318. The molecule has 98 valence electrons. The van der Waals surface area contributed by atoms with Crippen molar-refractivity contribution in [3.8, 4) is 0 Å². The van der Waals surface area contributed by atoms with Crippen LogP contribution >= 0.6 is 11.3 Å². The second-order valence-corrected chi connectivity index (χ2v) is 7.04. The van der Waals surface area contributed by atoms with Gasteiger partial charge in [0.1, 0.15) is 0 Å². The van der Waals surface area contributed by atoms with Crippen molar-refractivity contribution in [1.29, 1.82) is 0 Å². The fourth-order valence-corrected chi connectivity index (χ4v) is 3.54. The van der Waals surface area contributed by atoms with Crippen molar-refractivity contribution in [2.75, 3.05) is 6.54 Å². The van der Waals surface area contributed by atoms with Crippen LogP contribution in [0.15, 0.2) is 0 Å². The van der Waals surface area contributed by atoms with Crippen LogP contribution in [0.2, 0.25) is 0 Å². The molecule has 0 amide bonds. The van der Waals surface area contributed by atoms with E-state index in [-0.39, 0.29) is 0 Å². The van der Waals surface area contributed by atoms with Crippen molar-refractivity contribution in [2.24, 2.45) is 5.41 Å². The highest BCUT2D eigenvalue weighted by molar-refractivity contribution is 7.11. The van der Waals surface area contributed by atoms with Crippen LogP contribution in [0, 0.1) is 19.3 Å². The van der Waals surface area contributed by atoms with Gasteiger partial charge in [0.15, 0.2) is 0 Å². The lowest BCUT2D eigenvalue weighted by Crippen LogP contribution is -2.32. The molecule has 1 atom stereocenters. The van der Waals surface area contributed by atoms with E-state index in [0.29, 0.717) is 11.5 Å². The van der Waals surface area contributed by atoms with Crippen molar-refractivity contribution in [1.82, 2.24) is 10.3 Å². The first-order valence-corrected chi connectivity index (χ1v) is 7.32. The lowest BCUT2D eigenvalue weighted by molar-refractivity contribution is 0.288. The molecule has 0 aliphatic heterocycles. The molecule has 0 spiro atoms. The Balaban J connectivity index is 2.59. The van der Waals surface area contributed by atoms with Crippen LogP contribution in [0.1, 0.15) is 49.7 Å². The molecular weight excluding hydrogens is 228 g/mol. The van der Waals surface area contributed by atoms with E-state index in [9.17, 15) is 0 Å². The van der Waals surface area contributed by atoms with Crippen molar-refractivity contribution < 1.29 is 0 Å². The van der Waals surface area contributed by atoms with Gasteiger partial charge >= 0.3 is 0 Å². The predicted octanol–water partition coefficient (Wildman–Crippen LogP) is 3.72. The monoisotopic (exact) mass is 254 g/mol. The molecule has 1 rings (SSSR count). The van der Waals surface area contributed by atoms with Crippen molar-refractivity contribution in [2.45, 2.75) is 60.4 Å². The minimum atomic E-state index is 0.318. The van der Waals surface area contributed by atoms with Gasteiger partial charge in [0, 0.05) is 17.3 Å². The van der Waals surface area contributed by atoms with E-state index in [1.807, 2.05) is 11.3 Å². The molecule has 17 heavy (non-hydrogen) atoms. The Labute approximate surface area is 110 Å². The molecule has 2 nitrogen and oxygen atoms in total. The summed E-state index contributed by atoms with van der Waals surface area (Å²) in [6.45, 7) is 14.4. The molecule has 0 aliphatic carbocycles. The summed E-state index contributed by atoms with van der Waals surface area (Å²) >= 11 is 1.85. The average molecular weight is 254 g/mol. The Morgan fingerprint density at radius 2 is 2.00 bits per heavy atom. The second kappa shape index (κ2) is 5.96. The largest absolute Gasteiger partial charge is 0.315 e. The van der Waals surface area contributed by atoms with Gasteiger partial charge in [-0.1, -0.05) is 20.8 Å². The Kier molecular flexibility index (Phi) is 5.14. The molecule has 0 radical (unpaired) electrons. The zero-order chi connectivity index (χ0) is 13.1. The van der Waals surface area contributed by atoms with E-state index in [2.05, 4.69) is 51.8 Å². The Hall–Kier alpha value is -0.410. The summed E-state index contributed by atoms with van der Waals surface area (Å²) in [5.74, 6) is 0. The molecule has 0 bridgehead atoms. The summed E-state index contributed by atoms with van der Waals surface area (Å²) in [5.41, 5.74) is 1.51. The Morgan fingerprint density at radius 3 is 2.47 bits per heavy atom. The SMILES string of the molecule is CCNC(C)CC(C)(C)Cc1nc(C)c(C)s1. The van der Waals surface area contributed by atoms with E-state index in [0.717, 1.165) is 13.0 Å². The number of hydrogen-bond acceptors (Lipinski definition) is 3. The number of nitrogens with zero attached hydrogens (tertiary/aromatic N) is 1. The number of aryl methyl sites for hydroxylation is 2.